The molecule has 0 saturated carbocycles. The van der Waals surface area contributed by atoms with Crippen molar-refractivity contribution in [2.75, 3.05) is 26.9 Å². The zero-order valence-corrected chi connectivity index (χ0v) is 11.0. The molecule has 0 aromatic carbocycles. The molecule has 1 aliphatic rings. The molecular weight excluding hydrogens is 232 g/mol. The number of hydrogen-bond acceptors (Lipinski definition) is 5. The normalized spacial score (nSPS) is 20.2. The molecule has 1 unspecified atom stereocenters. The number of methoxy groups -OCH3 is 1. The van der Waals surface area contributed by atoms with E-state index in [9.17, 15) is 0 Å². The Bertz CT molecular complexity index is 335. The second kappa shape index (κ2) is 7.51. The van der Waals surface area contributed by atoms with Gasteiger partial charge in [-0.3, -0.25) is 0 Å². The van der Waals surface area contributed by atoms with Gasteiger partial charge in [0.1, 0.15) is 5.76 Å². The summed E-state index contributed by atoms with van der Waals surface area (Å²) in [6.45, 7) is 3.03. The molecule has 102 valence electrons. The van der Waals surface area contributed by atoms with Crippen LogP contribution >= 0.6 is 0 Å². The number of ether oxygens (including phenoxy) is 2. The summed E-state index contributed by atoms with van der Waals surface area (Å²) in [4.78, 5) is 4.25. The minimum atomic E-state index is 0.306. The lowest BCUT2D eigenvalue weighted by atomic mass is 10.1. The Balaban J connectivity index is 1.71. The van der Waals surface area contributed by atoms with Gasteiger partial charge in [0.25, 0.3) is 0 Å². The average molecular weight is 254 g/mol. The maximum absolute atomic E-state index is 5.68. The minimum absolute atomic E-state index is 0.306. The standard InChI is InChI=1S/C13H22N2O3/c1-16-7-5-14-10-13-15-9-12(18-13)8-11-4-2-3-6-17-11/h9,11,14H,2-8,10H2,1H3. The van der Waals surface area contributed by atoms with E-state index >= 15 is 0 Å². The van der Waals surface area contributed by atoms with E-state index in [-0.39, 0.29) is 0 Å². The largest absolute Gasteiger partial charge is 0.444 e. The monoisotopic (exact) mass is 254 g/mol. The molecule has 2 rings (SSSR count). The highest BCUT2D eigenvalue weighted by molar-refractivity contribution is 4.96. The van der Waals surface area contributed by atoms with Gasteiger partial charge in [0.05, 0.1) is 25.5 Å². The second-order valence-corrected chi connectivity index (χ2v) is 4.58. The predicted octanol–water partition coefficient (Wildman–Crippen LogP) is 1.52. The molecule has 0 amide bonds. The van der Waals surface area contributed by atoms with E-state index in [4.69, 9.17) is 13.9 Å². The molecule has 2 heterocycles. The van der Waals surface area contributed by atoms with Crippen molar-refractivity contribution < 1.29 is 13.9 Å². The molecule has 1 aromatic rings. The highest BCUT2D eigenvalue weighted by atomic mass is 16.5. The molecule has 1 saturated heterocycles. The maximum Gasteiger partial charge on any atom is 0.208 e. The van der Waals surface area contributed by atoms with E-state index < -0.39 is 0 Å². The lowest BCUT2D eigenvalue weighted by molar-refractivity contribution is 0.0138. The number of rotatable bonds is 7. The van der Waals surface area contributed by atoms with Crippen LogP contribution in [-0.2, 0) is 22.4 Å². The first-order valence-electron chi connectivity index (χ1n) is 6.63. The summed E-state index contributed by atoms with van der Waals surface area (Å²) in [7, 11) is 1.69. The quantitative estimate of drug-likeness (QED) is 0.748. The zero-order chi connectivity index (χ0) is 12.6. The number of oxazole rings is 1. The van der Waals surface area contributed by atoms with Crippen LogP contribution in [0, 0.1) is 0 Å². The summed E-state index contributed by atoms with van der Waals surface area (Å²) < 4.78 is 16.3. The van der Waals surface area contributed by atoms with E-state index in [0.29, 0.717) is 19.3 Å². The highest BCUT2D eigenvalue weighted by Crippen LogP contribution is 2.17. The molecule has 1 N–H and O–H groups in total. The van der Waals surface area contributed by atoms with Crippen molar-refractivity contribution >= 4 is 0 Å². The first-order chi connectivity index (χ1) is 8.88. The van der Waals surface area contributed by atoms with Crippen LogP contribution in [0.1, 0.15) is 30.9 Å². The van der Waals surface area contributed by atoms with Crippen molar-refractivity contribution in [3.05, 3.63) is 17.8 Å². The molecule has 0 spiro atoms. The van der Waals surface area contributed by atoms with Gasteiger partial charge in [-0.25, -0.2) is 4.98 Å². The summed E-state index contributed by atoms with van der Waals surface area (Å²) in [6.07, 6.45) is 6.52. The summed E-state index contributed by atoms with van der Waals surface area (Å²) in [5.41, 5.74) is 0. The third-order valence-corrected chi connectivity index (χ3v) is 3.06. The van der Waals surface area contributed by atoms with Crippen LogP contribution in [0.4, 0.5) is 0 Å². The van der Waals surface area contributed by atoms with Gasteiger partial charge in [0.2, 0.25) is 5.89 Å². The molecule has 0 radical (unpaired) electrons. The van der Waals surface area contributed by atoms with Crippen LogP contribution in [0.5, 0.6) is 0 Å². The Morgan fingerprint density at radius 3 is 3.22 bits per heavy atom. The molecule has 1 atom stereocenters. The van der Waals surface area contributed by atoms with Gasteiger partial charge in [0.15, 0.2) is 0 Å². The van der Waals surface area contributed by atoms with E-state index in [2.05, 4.69) is 10.3 Å². The van der Waals surface area contributed by atoms with Crippen LogP contribution < -0.4 is 5.32 Å². The molecule has 1 fully saturated rings. The van der Waals surface area contributed by atoms with Gasteiger partial charge in [-0.1, -0.05) is 0 Å². The van der Waals surface area contributed by atoms with Crippen LogP contribution in [-0.4, -0.2) is 38.0 Å². The topological polar surface area (TPSA) is 56.5 Å². The smallest absolute Gasteiger partial charge is 0.208 e. The summed E-state index contributed by atoms with van der Waals surface area (Å²) in [6, 6.07) is 0. The van der Waals surface area contributed by atoms with Gasteiger partial charge in [-0.05, 0) is 19.3 Å². The Morgan fingerprint density at radius 2 is 2.44 bits per heavy atom. The SMILES string of the molecule is COCCNCc1ncc(CC2CCCCO2)o1. The van der Waals surface area contributed by atoms with Crippen LogP contribution in [0.25, 0.3) is 0 Å². The number of nitrogens with one attached hydrogen (secondary N) is 1. The zero-order valence-electron chi connectivity index (χ0n) is 11.0. The molecule has 0 bridgehead atoms. The Hall–Kier alpha value is -0.910. The van der Waals surface area contributed by atoms with Gasteiger partial charge in [-0.2, -0.15) is 0 Å². The highest BCUT2D eigenvalue weighted by Gasteiger charge is 2.16. The van der Waals surface area contributed by atoms with Crippen molar-refractivity contribution in [2.24, 2.45) is 0 Å². The van der Waals surface area contributed by atoms with Crippen LogP contribution in [0.15, 0.2) is 10.6 Å². The summed E-state index contributed by atoms with van der Waals surface area (Å²) >= 11 is 0. The Labute approximate surface area is 108 Å². The first kappa shape index (κ1) is 13.5. The molecular formula is C13H22N2O3. The van der Waals surface area contributed by atoms with Crippen LogP contribution in [0.2, 0.25) is 0 Å². The van der Waals surface area contributed by atoms with Gasteiger partial charge in [0, 0.05) is 26.7 Å². The van der Waals surface area contributed by atoms with Gasteiger partial charge < -0.3 is 19.2 Å². The molecule has 1 aliphatic heterocycles. The third kappa shape index (κ3) is 4.40. The van der Waals surface area contributed by atoms with E-state index in [0.717, 1.165) is 37.6 Å². The molecule has 18 heavy (non-hydrogen) atoms. The summed E-state index contributed by atoms with van der Waals surface area (Å²) in [5, 5.41) is 3.21. The van der Waals surface area contributed by atoms with Crippen molar-refractivity contribution in [3.8, 4) is 0 Å². The predicted molar refractivity (Wildman–Crippen MR) is 67.4 cm³/mol. The number of aromatic nitrogens is 1. The van der Waals surface area contributed by atoms with Gasteiger partial charge >= 0.3 is 0 Å². The van der Waals surface area contributed by atoms with Crippen molar-refractivity contribution in [1.29, 1.82) is 0 Å². The summed E-state index contributed by atoms with van der Waals surface area (Å²) in [5.74, 6) is 1.65. The Kier molecular flexibility index (Phi) is 5.64. The van der Waals surface area contributed by atoms with E-state index in [1.54, 1.807) is 7.11 Å². The van der Waals surface area contributed by atoms with Crippen LogP contribution in [0.3, 0.4) is 0 Å². The van der Waals surface area contributed by atoms with Gasteiger partial charge in [-0.15, -0.1) is 0 Å². The first-order valence-corrected chi connectivity index (χ1v) is 6.63. The molecule has 5 heteroatoms. The number of nitrogens with zero attached hydrogens (tertiary/aromatic N) is 1. The van der Waals surface area contributed by atoms with E-state index in [1.807, 2.05) is 6.20 Å². The lowest BCUT2D eigenvalue weighted by Crippen LogP contribution is -2.21. The van der Waals surface area contributed by atoms with E-state index in [1.165, 1.54) is 12.8 Å². The molecule has 0 aliphatic carbocycles. The fourth-order valence-corrected chi connectivity index (χ4v) is 2.09. The minimum Gasteiger partial charge on any atom is -0.444 e. The van der Waals surface area contributed by atoms with Crippen molar-refractivity contribution in [1.82, 2.24) is 10.3 Å². The number of hydrogen-bond donors (Lipinski definition) is 1. The second-order valence-electron chi connectivity index (χ2n) is 4.58. The molecule has 5 nitrogen and oxygen atoms in total. The third-order valence-electron chi connectivity index (χ3n) is 3.06. The Morgan fingerprint density at radius 1 is 1.50 bits per heavy atom. The van der Waals surface area contributed by atoms with Crippen molar-refractivity contribution in [3.63, 3.8) is 0 Å². The molecule has 1 aromatic heterocycles. The maximum atomic E-state index is 5.68. The fourth-order valence-electron chi connectivity index (χ4n) is 2.09. The van der Waals surface area contributed by atoms with Crippen molar-refractivity contribution in [2.45, 2.75) is 38.3 Å². The fraction of sp³-hybridized carbons (Fsp3) is 0.769. The average Bonchev–Trinajstić information content (AvgIpc) is 2.84. The lowest BCUT2D eigenvalue weighted by Gasteiger charge is -2.21.